The van der Waals surface area contributed by atoms with Crippen molar-refractivity contribution < 1.29 is 4.74 Å². The Labute approximate surface area is 387 Å². The van der Waals surface area contributed by atoms with Gasteiger partial charge in [-0.1, -0.05) is 170 Å². The van der Waals surface area contributed by atoms with Gasteiger partial charge in [-0.25, -0.2) is 0 Å². The molecule has 1 aromatic heterocycles. The molecular formula is C64H40N2O. The molecule has 12 aromatic carbocycles. The number of para-hydroxylation sites is 3. The first-order valence-corrected chi connectivity index (χ1v) is 23.0. The second-order valence-corrected chi connectivity index (χ2v) is 17.7. The Kier molecular flexibility index (Phi) is 8.28. The monoisotopic (exact) mass is 852 g/mol. The molecule has 312 valence electrons. The van der Waals surface area contributed by atoms with E-state index in [1.807, 2.05) is 12.1 Å². The number of ether oxygens (including phenoxy) is 1. The molecule has 0 aliphatic carbocycles. The molecule has 0 radical (unpaired) electrons. The molecule has 0 saturated carbocycles. The number of hydrogen-bond donors (Lipinski definition) is 0. The molecule has 1 aliphatic rings. The molecule has 0 spiro atoms. The number of rotatable bonds is 6. The van der Waals surface area contributed by atoms with Crippen molar-refractivity contribution in [1.82, 2.24) is 4.57 Å². The van der Waals surface area contributed by atoms with Crippen LogP contribution in [-0.4, -0.2) is 4.57 Å². The van der Waals surface area contributed by atoms with Gasteiger partial charge in [-0.15, -0.1) is 0 Å². The van der Waals surface area contributed by atoms with Gasteiger partial charge in [0.25, 0.3) is 0 Å². The van der Waals surface area contributed by atoms with Crippen molar-refractivity contribution in [2.24, 2.45) is 0 Å². The van der Waals surface area contributed by atoms with E-state index >= 15 is 0 Å². The van der Waals surface area contributed by atoms with Gasteiger partial charge < -0.3 is 14.2 Å². The maximum Gasteiger partial charge on any atom is 0.152 e. The van der Waals surface area contributed by atoms with Crippen LogP contribution in [0.3, 0.4) is 0 Å². The molecule has 1 aliphatic heterocycles. The van der Waals surface area contributed by atoms with Gasteiger partial charge >= 0.3 is 0 Å². The topological polar surface area (TPSA) is 17.4 Å². The van der Waals surface area contributed by atoms with Crippen LogP contribution in [-0.2, 0) is 0 Å². The summed E-state index contributed by atoms with van der Waals surface area (Å²) in [6.45, 7) is 0. The fraction of sp³-hybridized carbons (Fsp3) is 0. The summed E-state index contributed by atoms with van der Waals surface area (Å²) < 4.78 is 8.78. The quantitative estimate of drug-likeness (QED) is 0.155. The fourth-order valence-corrected chi connectivity index (χ4v) is 10.7. The lowest BCUT2D eigenvalue weighted by Crippen LogP contribution is -2.10. The van der Waals surface area contributed by atoms with Gasteiger partial charge in [0.15, 0.2) is 11.5 Å². The van der Waals surface area contributed by atoms with E-state index in [2.05, 4.69) is 240 Å². The van der Waals surface area contributed by atoms with E-state index in [1.165, 1.54) is 81.6 Å². The maximum atomic E-state index is 6.42. The molecule has 2 heterocycles. The first kappa shape index (κ1) is 37.5. The minimum atomic E-state index is 0.870. The summed E-state index contributed by atoms with van der Waals surface area (Å²) in [6, 6.07) is 88.4. The summed E-state index contributed by atoms with van der Waals surface area (Å²) >= 11 is 0. The lowest BCUT2D eigenvalue weighted by Gasteiger charge is -2.26. The van der Waals surface area contributed by atoms with Gasteiger partial charge in [-0.05, 0) is 149 Å². The average Bonchev–Trinajstić information content (AvgIpc) is 3.74. The van der Waals surface area contributed by atoms with E-state index in [0.29, 0.717) is 0 Å². The van der Waals surface area contributed by atoms with E-state index in [4.69, 9.17) is 4.74 Å². The summed E-state index contributed by atoms with van der Waals surface area (Å²) in [5.41, 5.74) is 13.7. The van der Waals surface area contributed by atoms with Crippen LogP contribution in [0.5, 0.6) is 11.5 Å². The normalized spacial score (nSPS) is 12.0. The molecule has 13 aromatic rings. The number of benzene rings is 12. The molecule has 0 fully saturated rings. The van der Waals surface area contributed by atoms with Crippen LogP contribution in [0.25, 0.3) is 104 Å². The summed E-state index contributed by atoms with van der Waals surface area (Å²) in [7, 11) is 0. The highest BCUT2D eigenvalue weighted by atomic mass is 16.5. The third-order valence-electron chi connectivity index (χ3n) is 13.9. The molecule has 14 rings (SSSR count). The minimum Gasteiger partial charge on any atom is -0.453 e. The molecule has 0 unspecified atom stereocenters. The summed E-state index contributed by atoms with van der Waals surface area (Å²) in [6.07, 6.45) is 0. The van der Waals surface area contributed by atoms with E-state index in [1.54, 1.807) is 0 Å². The number of hydrogen-bond acceptors (Lipinski definition) is 2. The highest BCUT2D eigenvalue weighted by Crippen LogP contribution is 2.47. The fourth-order valence-electron chi connectivity index (χ4n) is 10.7. The molecule has 0 amide bonds. The predicted octanol–water partition coefficient (Wildman–Crippen LogP) is 18.0. The van der Waals surface area contributed by atoms with Gasteiger partial charge in [0.05, 0.1) is 16.7 Å². The Morgan fingerprint density at radius 3 is 1.70 bits per heavy atom. The number of aromatic nitrogens is 1. The van der Waals surface area contributed by atoms with E-state index in [-0.39, 0.29) is 0 Å². The van der Waals surface area contributed by atoms with E-state index in [9.17, 15) is 0 Å². The van der Waals surface area contributed by atoms with Crippen LogP contribution >= 0.6 is 0 Å². The summed E-state index contributed by atoms with van der Waals surface area (Å²) in [5.74, 6) is 1.75. The van der Waals surface area contributed by atoms with Crippen LogP contribution in [0.1, 0.15) is 0 Å². The molecule has 0 bridgehead atoms. The SMILES string of the molecule is c1cc(-c2ccc3c(c2)c2cccc4c2n3-c2ccccc2O4)cc(N(c2ccc(-c3ccc4c(ccc5ccccc54)c3)cc2)c2ccc(-c3cccc4c3ccc3ccccc34)cc2)c1. The van der Waals surface area contributed by atoms with Crippen molar-refractivity contribution in [3.8, 4) is 50.6 Å². The second-order valence-electron chi connectivity index (χ2n) is 17.7. The number of anilines is 3. The minimum absolute atomic E-state index is 0.870. The second kappa shape index (κ2) is 14.8. The van der Waals surface area contributed by atoms with Crippen LogP contribution < -0.4 is 9.64 Å². The highest BCUT2D eigenvalue weighted by Gasteiger charge is 2.24. The van der Waals surface area contributed by atoms with Gasteiger partial charge in [-0.3, -0.25) is 0 Å². The van der Waals surface area contributed by atoms with Crippen molar-refractivity contribution in [1.29, 1.82) is 0 Å². The Balaban J connectivity index is 0.879. The Hall–Kier alpha value is -8.92. The zero-order chi connectivity index (χ0) is 44.0. The van der Waals surface area contributed by atoms with Crippen molar-refractivity contribution >= 4 is 82.0 Å². The van der Waals surface area contributed by atoms with Crippen LogP contribution in [0.15, 0.2) is 243 Å². The standard InChI is InChI=1S/C64H40N2O/c1-3-14-52-42(10-1)22-23-48-38-46(29-35-55(48)52)41-24-31-49(32-25-41)65(50-33-26-44(27-34-50)54-16-8-17-56-53-15-4-2-11-43(53)28-36-57(54)56)51-13-7-12-45(39-51)47-30-37-60-59(40-47)58-18-9-21-63-64(58)66(60)61-19-5-6-20-62(61)67-63/h1-40H. The van der Waals surface area contributed by atoms with Gasteiger partial charge in [-0.2, -0.15) is 0 Å². The average molecular weight is 853 g/mol. The first-order valence-electron chi connectivity index (χ1n) is 23.0. The highest BCUT2D eigenvalue weighted by molar-refractivity contribution is 6.14. The third-order valence-corrected chi connectivity index (χ3v) is 13.9. The van der Waals surface area contributed by atoms with Crippen molar-refractivity contribution in [2.45, 2.75) is 0 Å². The molecule has 0 saturated heterocycles. The first-order chi connectivity index (χ1) is 33.2. The van der Waals surface area contributed by atoms with Gasteiger partial charge in [0, 0.05) is 27.8 Å². The smallest absolute Gasteiger partial charge is 0.152 e. The molecule has 67 heavy (non-hydrogen) atoms. The van der Waals surface area contributed by atoms with Crippen molar-refractivity contribution in [3.63, 3.8) is 0 Å². The van der Waals surface area contributed by atoms with Crippen LogP contribution in [0, 0.1) is 0 Å². The van der Waals surface area contributed by atoms with Crippen molar-refractivity contribution in [2.75, 3.05) is 4.90 Å². The Bertz CT molecular complexity index is 4130. The molecule has 3 nitrogen and oxygen atoms in total. The van der Waals surface area contributed by atoms with Crippen LogP contribution in [0.4, 0.5) is 17.1 Å². The van der Waals surface area contributed by atoms with Gasteiger partial charge in [0.2, 0.25) is 0 Å². The van der Waals surface area contributed by atoms with Crippen molar-refractivity contribution in [3.05, 3.63) is 243 Å². The zero-order valence-corrected chi connectivity index (χ0v) is 36.4. The third kappa shape index (κ3) is 5.99. The Morgan fingerprint density at radius 1 is 0.299 bits per heavy atom. The number of fused-ring (bicyclic) bond motifs is 11. The summed E-state index contributed by atoms with van der Waals surface area (Å²) in [5, 5.41) is 12.5. The van der Waals surface area contributed by atoms with Gasteiger partial charge in [0.1, 0.15) is 0 Å². The predicted molar refractivity (Wildman–Crippen MR) is 282 cm³/mol. The lowest BCUT2D eigenvalue weighted by atomic mass is 9.94. The number of nitrogens with zero attached hydrogens (tertiary/aromatic N) is 2. The molecule has 0 N–H and O–H groups in total. The lowest BCUT2D eigenvalue weighted by molar-refractivity contribution is 0.476. The molecular weight excluding hydrogens is 813 g/mol. The Morgan fingerprint density at radius 2 is 0.866 bits per heavy atom. The van der Waals surface area contributed by atoms with E-state index in [0.717, 1.165) is 50.9 Å². The largest absolute Gasteiger partial charge is 0.453 e. The van der Waals surface area contributed by atoms with E-state index < -0.39 is 0 Å². The van der Waals surface area contributed by atoms with Crippen LogP contribution in [0.2, 0.25) is 0 Å². The maximum absolute atomic E-state index is 6.42. The molecule has 0 atom stereocenters. The zero-order valence-electron chi connectivity index (χ0n) is 36.4. The molecule has 3 heteroatoms. The summed E-state index contributed by atoms with van der Waals surface area (Å²) in [4.78, 5) is 2.38.